The van der Waals surface area contributed by atoms with Crippen molar-refractivity contribution in [3.8, 4) is 0 Å². The summed E-state index contributed by atoms with van der Waals surface area (Å²) < 4.78 is 1.81. The number of aromatic nitrogens is 2. The highest BCUT2D eigenvalue weighted by Crippen LogP contribution is 2.17. The molecule has 0 radical (unpaired) electrons. The number of halogens is 1. The number of nitrogens with one attached hydrogen (secondary N) is 2. The van der Waals surface area contributed by atoms with Gasteiger partial charge in [-0.1, -0.05) is 17.7 Å². The number of hydrogen-bond donors (Lipinski definition) is 2. The number of fused-ring (bicyclic) bond motifs is 1. The van der Waals surface area contributed by atoms with Crippen LogP contribution in [0.1, 0.15) is 17.3 Å². The molecule has 0 aliphatic heterocycles. The quantitative estimate of drug-likeness (QED) is 0.695. The van der Waals surface area contributed by atoms with Crippen LogP contribution >= 0.6 is 23.8 Å². The molecule has 24 heavy (non-hydrogen) atoms. The zero-order valence-electron chi connectivity index (χ0n) is 12.8. The van der Waals surface area contributed by atoms with Crippen molar-refractivity contribution >= 4 is 46.3 Å². The molecule has 1 amide bonds. The summed E-state index contributed by atoms with van der Waals surface area (Å²) in [7, 11) is 0. The molecule has 0 aliphatic carbocycles. The molecular weight excluding hydrogens is 346 g/mol. The maximum atomic E-state index is 12.4. The fourth-order valence-electron chi connectivity index (χ4n) is 2.45. The number of aromatic amines is 1. The van der Waals surface area contributed by atoms with Crippen LogP contribution in [0.25, 0.3) is 10.9 Å². The van der Waals surface area contributed by atoms with E-state index in [2.05, 4.69) is 10.3 Å². The summed E-state index contributed by atoms with van der Waals surface area (Å²) >= 11 is 11.1. The van der Waals surface area contributed by atoms with E-state index in [0.717, 1.165) is 0 Å². The van der Waals surface area contributed by atoms with Gasteiger partial charge in [-0.25, -0.2) is 0 Å². The van der Waals surface area contributed by atoms with Crippen molar-refractivity contribution in [3.05, 3.63) is 68.2 Å². The van der Waals surface area contributed by atoms with Gasteiger partial charge in [0.1, 0.15) is 0 Å². The van der Waals surface area contributed by atoms with E-state index in [1.807, 2.05) is 6.92 Å². The van der Waals surface area contributed by atoms with Crippen molar-refractivity contribution in [1.29, 1.82) is 0 Å². The van der Waals surface area contributed by atoms with Crippen molar-refractivity contribution in [2.45, 2.75) is 13.5 Å². The van der Waals surface area contributed by atoms with Gasteiger partial charge in [-0.2, -0.15) is 0 Å². The maximum absolute atomic E-state index is 12.4. The first-order valence-corrected chi connectivity index (χ1v) is 8.12. The number of anilines is 1. The molecule has 1 aromatic heterocycles. The Balaban J connectivity index is 2.00. The summed E-state index contributed by atoms with van der Waals surface area (Å²) in [6.45, 7) is 2.34. The summed E-state index contributed by atoms with van der Waals surface area (Å²) in [6.07, 6.45) is 0. The zero-order chi connectivity index (χ0) is 17.3. The lowest BCUT2D eigenvalue weighted by Crippen LogP contribution is -2.21. The molecule has 0 fully saturated rings. The van der Waals surface area contributed by atoms with Crippen LogP contribution in [-0.2, 0) is 6.54 Å². The number of amides is 1. The fraction of sp³-hybridized carbons (Fsp3) is 0.118. The standard InChI is InChI=1S/C17H14ClN3O2S/c1-2-21-16(23)13-7-6-10(8-14(13)20-17(21)24)15(22)19-12-5-3-4-11(18)9-12/h3-9H,2H2,1H3,(H,19,22)(H,20,24). The summed E-state index contributed by atoms with van der Waals surface area (Å²) in [5.74, 6) is -0.293. The first-order chi connectivity index (χ1) is 11.5. The number of H-pyrrole nitrogens is 1. The van der Waals surface area contributed by atoms with Gasteiger partial charge in [-0.05, 0) is 55.5 Å². The third-order valence-corrected chi connectivity index (χ3v) is 4.20. The second kappa shape index (κ2) is 6.59. The smallest absolute Gasteiger partial charge is 0.262 e. The molecule has 122 valence electrons. The lowest BCUT2D eigenvalue weighted by molar-refractivity contribution is 0.102. The first kappa shape index (κ1) is 16.4. The highest BCUT2D eigenvalue weighted by Gasteiger charge is 2.10. The Morgan fingerprint density at radius 3 is 2.79 bits per heavy atom. The topological polar surface area (TPSA) is 66.9 Å². The van der Waals surface area contributed by atoms with Gasteiger partial charge in [0.25, 0.3) is 11.5 Å². The highest BCUT2D eigenvalue weighted by atomic mass is 35.5. The van der Waals surface area contributed by atoms with Gasteiger partial charge in [0.05, 0.1) is 10.9 Å². The lowest BCUT2D eigenvalue weighted by atomic mass is 10.1. The van der Waals surface area contributed by atoms with E-state index in [0.29, 0.717) is 38.5 Å². The molecule has 7 heteroatoms. The number of rotatable bonds is 3. The summed E-state index contributed by atoms with van der Waals surface area (Å²) in [5.41, 5.74) is 1.38. The maximum Gasteiger partial charge on any atom is 0.262 e. The number of carbonyl (C=O) groups is 1. The van der Waals surface area contributed by atoms with Gasteiger partial charge < -0.3 is 10.3 Å². The van der Waals surface area contributed by atoms with E-state index in [-0.39, 0.29) is 11.5 Å². The SMILES string of the molecule is CCn1c(=S)[nH]c2cc(C(=O)Nc3cccc(Cl)c3)ccc2c1=O. The molecule has 3 aromatic rings. The number of nitrogens with zero attached hydrogens (tertiary/aromatic N) is 1. The van der Waals surface area contributed by atoms with Gasteiger partial charge in [0.15, 0.2) is 4.77 Å². The summed E-state index contributed by atoms with van der Waals surface area (Å²) in [5, 5.41) is 3.80. The van der Waals surface area contributed by atoms with Gasteiger partial charge in [0, 0.05) is 22.8 Å². The van der Waals surface area contributed by atoms with Crippen molar-refractivity contribution in [2.75, 3.05) is 5.32 Å². The molecule has 2 N–H and O–H groups in total. The average molecular weight is 360 g/mol. The second-order valence-corrected chi connectivity index (χ2v) is 6.03. The van der Waals surface area contributed by atoms with Crippen molar-refractivity contribution < 1.29 is 4.79 Å². The Hall–Kier alpha value is -2.44. The van der Waals surface area contributed by atoms with E-state index in [4.69, 9.17) is 23.8 Å². The Bertz CT molecular complexity index is 1060. The molecule has 0 aliphatic rings. The van der Waals surface area contributed by atoms with Crippen molar-refractivity contribution in [2.24, 2.45) is 0 Å². The van der Waals surface area contributed by atoms with E-state index in [9.17, 15) is 9.59 Å². The van der Waals surface area contributed by atoms with Gasteiger partial charge in [0.2, 0.25) is 0 Å². The molecular formula is C17H14ClN3O2S. The minimum absolute atomic E-state index is 0.168. The van der Waals surface area contributed by atoms with Gasteiger partial charge >= 0.3 is 0 Å². The number of carbonyl (C=O) groups excluding carboxylic acids is 1. The predicted octanol–water partition coefficient (Wildman–Crippen LogP) is 3.98. The molecule has 0 saturated heterocycles. The Morgan fingerprint density at radius 2 is 2.08 bits per heavy atom. The van der Waals surface area contributed by atoms with Crippen LogP contribution in [-0.4, -0.2) is 15.5 Å². The van der Waals surface area contributed by atoms with E-state index < -0.39 is 0 Å². The molecule has 1 heterocycles. The third kappa shape index (κ3) is 3.11. The van der Waals surface area contributed by atoms with Crippen LogP contribution in [0, 0.1) is 4.77 Å². The van der Waals surface area contributed by atoms with Crippen LogP contribution in [0.2, 0.25) is 5.02 Å². The van der Waals surface area contributed by atoms with Gasteiger partial charge in [-0.15, -0.1) is 0 Å². The molecule has 0 saturated carbocycles. The minimum Gasteiger partial charge on any atom is -0.332 e. The molecule has 0 bridgehead atoms. The molecule has 3 rings (SSSR count). The largest absolute Gasteiger partial charge is 0.332 e. The molecule has 2 aromatic carbocycles. The minimum atomic E-state index is -0.293. The third-order valence-electron chi connectivity index (χ3n) is 3.64. The molecule has 0 spiro atoms. The molecule has 0 atom stereocenters. The normalized spacial score (nSPS) is 10.8. The van der Waals surface area contributed by atoms with Crippen molar-refractivity contribution in [1.82, 2.24) is 9.55 Å². The Morgan fingerprint density at radius 1 is 1.29 bits per heavy atom. The zero-order valence-corrected chi connectivity index (χ0v) is 14.4. The average Bonchev–Trinajstić information content (AvgIpc) is 2.54. The van der Waals surface area contributed by atoms with Crippen LogP contribution < -0.4 is 10.9 Å². The van der Waals surface area contributed by atoms with Crippen LogP contribution in [0.3, 0.4) is 0 Å². The first-order valence-electron chi connectivity index (χ1n) is 7.33. The number of benzene rings is 2. The Labute approximate surface area is 147 Å². The van der Waals surface area contributed by atoms with Gasteiger partial charge in [-0.3, -0.25) is 14.2 Å². The summed E-state index contributed by atoms with van der Waals surface area (Å²) in [4.78, 5) is 27.7. The van der Waals surface area contributed by atoms with E-state index in [1.54, 1.807) is 42.5 Å². The Kier molecular flexibility index (Phi) is 4.51. The molecule has 5 nitrogen and oxygen atoms in total. The monoisotopic (exact) mass is 359 g/mol. The number of hydrogen-bond acceptors (Lipinski definition) is 3. The lowest BCUT2D eigenvalue weighted by Gasteiger charge is -2.08. The van der Waals surface area contributed by atoms with Crippen LogP contribution in [0.4, 0.5) is 5.69 Å². The van der Waals surface area contributed by atoms with Crippen molar-refractivity contribution in [3.63, 3.8) is 0 Å². The van der Waals surface area contributed by atoms with Crippen LogP contribution in [0.5, 0.6) is 0 Å². The second-order valence-electron chi connectivity index (χ2n) is 5.20. The molecule has 0 unspecified atom stereocenters. The van der Waals surface area contributed by atoms with E-state index >= 15 is 0 Å². The summed E-state index contributed by atoms with van der Waals surface area (Å²) in [6, 6.07) is 11.7. The van der Waals surface area contributed by atoms with Crippen LogP contribution in [0.15, 0.2) is 47.3 Å². The fourth-order valence-corrected chi connectivity index (χ4v) is 2.96. The van der Waals surface area contributed by atoms with E-state index in [1.165, 1.54) is 4.57 Å². The predicted molar refractivity (Wildman–Crippen MR) is 98.5 cm³/mol. The highest BCUT2D eigenvalue weighted by molar-refractivity contribution is 7.71.